The molecule has 0 bridgehead atoms. The van der Waals surface area contributed by atoms with Crippen LogP contribution in [0, 0.1) is 15.4 Å². The molecule has 0 fully saturated rings. The van der Waals surface area contributed by atoms with Crippen molar-refractivity contribution < 1.29 is 19.1 Å². The summed E-state index contributed by atoms with van der Waals surface area (Å²) in [7, 11) is 0. The van der Waals surface area contributed by atoms with Gasteiger partial charge in [0.25, 0.3) is 5.60 Å². The number of esters is 2. The number of carbonyl (C=O) groups is 2. The Morgan fingerprint density at radius 1 is 1.04 bits per heavy atom. The van der Waals surface area contributed by atoms with Crippen molar-refractivity contribution in [2.75, 3.05) is 6.61 Å². The van der Waals surface area contributed by atoms with Gasteiger partial charge < -0.3 is 9.47 Å². The van der Waals surface area contributed by atoms with Gasteiger partial charge >= 0.3 is 11.9 Å². The first kappa shape index (κ1) is 20.0. The molecule has 0 saturated heterocycles. The summed E-state index contributed by atoms with van der Waals surface area (Å²) in [5, 5.41) is 0. The molecule has 0 spiro atoms. The highest BCUT2D eigenvalue weighted by atomic mass is 127. The zero-order valence-corrected chi connectivity index (χ0v) is 16.8. The van der Waals surface area contributed by atoms with Crippen molar-refractivity contribution in [3.05, 3.63) is 69.3 Å². The Morgan fingerprint density at radius 2 is 1.69 bits per heavy atom. The standard InChI is InChI=1S/C21H19IO4/c1-3-21(20(24)25-4-2,15-14-16-10-6-5-7-11-16)26-19(23)17-12-8-9-13-18(17)22/h5-13H,3-4H2,1-2H3. The van der Waals surface area contributed by atoms with Gasteiger partial charge in [-0.1, -0.05) is 43.2 Å². The molecule has 0 aromatic heterocycles. The number of hydrogen-bond donors (Lipinski definition) is 0. The monoisotopic (exact) mass is 462 g/mol. The summed E-state index contributed by atoms with van der Waals surface area (Å²) in [6.07, 6.45) is 0.181. The Morgan fingerprint density at radius 3 is 2.31 bits per heavy atom. The molecule has 134 valence electrons. The second-order valence-electron chi connectivity index (χ2n) is 5.39. The van der Waals surface area contributed by atoms with Crippen LogP contribution in [-0.4, -0.2) is 24.1 Å². The van der Waals surface area contributed by atoms with Crippen LogP contribution in [0.4, 0.5) is 0 Å². The van der Waals surface area contributed by atoms with Crippen molar-refractivity contribution in [2.24, 2.45) is 0 Å². The molecule has 26 heavy (non-hydrogen) atoms. The molecule has 0 N–H and O–H groups in total. The van der Waals surface area contributed by atoms with Crippen LogP contribution in [0.3, 0.4) is 0 Å². The largest absolute Gasteiger partial charge is 0.462 e. The molecular formula is C21H19IO4. The van der Waals surface area contributed by atoms with Crippen molar-refractivity contribution in [2.45, 2.75) is 25.9 Å². The molecule has 1 unspecified atom stereocenters. The molecule has 2 aromatic rings. The number of carbonyl (C=O) groups excluding carboxylic acids is 2. The fraction of sp³-hybridized carbons (Fsp3) is 0.238. The molecule has 0 saturated carbocycles. The van der Waals surface area contributed by atoms with Gasteiger partial charge in [0.2, 0.25) is 0 Å². The van der Waals surface area contributed by atoms with E-state index in [1.54, 1.807) is 32.0 Å². The quantitative estimate of drug-likeness (QED) is 0.380. The summed E-state index contributed by atoms with van der Waals surface area (Å²) in [5.74, 6) is 4.49. The van der Waals surface area contributed by atoms with E-state index >= 15 is 0 Å². The normalized spacial score (nSPS) is 12.3. The van der Waals surface area contributed by atoms with Gasteiger partial charge in [0.15, 0.2) is 0 Å². The highest BCUT2D eigenvalue weighted by Crippen LogP contribution is 2.22. The van der Waals surface area contributed by atoms with Crippen LogP contribution in [0.25, 0.3) is 0 Å². The van der Waals surface area contributed by atoms with Crippen LogP contribution in [0.15, 0.2) is 54.6 Å². The predicted molar refractivity (Wildman–Crippen MR) is 108 cm³/mol. The Balaban J connectivity index is 2.40. The summed E-state index contributed by atoms with van der Waals surface area (Å²) in [4.78, 5) is 25.2. The number of rotatable bonds is 5. The van der Waals surface area contributed by atoms with Crippen molar-refractivity contribution in [3.8, 4) is 11.8 Å². The van der Waals surface area contributed by atoms with Gasteiger partial charge in [-0.15, -0.1) is 0 Å². The van der Waals surface area contributed by atoms with Crippen LogP contribution in [-0.2, 0) is 14.3 Å². The maximum atomic E-state index is 12.7. The summed E-state index contributed by atoms with van der Waals surface area (Å²) in [6.45, 7) is 3.61. The van der Waals surface area contributed by atoms with Crippen LogP contribution < -0.4 is 0 Å². The van der Waals surface area contributed by atoms with Crippen molar-refractivity contribution in [1.82, 2.24) is 0 Å². The molecule has 0 radical (unpaired) electrons. The van der Waals surface area contributed by atoms with E-state index in [-0.39, 0.29) is 13.0 Å². The van der Waals surface area contributed by atoms with Crippen LogP contribution in [0.5, 0.6) is 0 Å². The minimum Gasteiger partial charge on any atom is -0.462 e. The molecule has 0 aliphatic carbocycles. The average molecular weight is 462 g/mol. The molecule has 0 amide bonds. The van der Waals surface area contributed by atoms with E-state index in [0.29, 0.717) is 5.56 Å². The number of hydrogen-bond acceptors (Lipinski definition) is 4. The van der Waals surface area contributed by atoms with Gasteiger partial charge in [-0.3, -0.25) is 0 Å². The van der Waals surface area contributed by atoms with Gasteiger partial charge in [-0.25, -0.2) is 9.59 Å². The first-order chi connectivity index (χ1) is 12.5. The predicted octanol–water partition coefficient (Wildman–Crippen LogP) is 4.21. The van der Waals surface area contributed by atoms with E-state index in [0.717, 1.165) is 9.13 Å². The van der Waals surface area contributed by atoms with E-state index in [1.165, 1.54) is 0 Å². The highest BCUT2D eigenvalue weighted by molar-refractivity contribution is 14.1. The molecular weight excluding hydrogens is 443 g/mol. The Labute approximate surface area is 167 Å². The maximum absolute atomic E-state index is 12.7. The van der Waals surface area contributed by atoms with Gasteiger partial charge in [-0.2, -0.15) is 0 Å². The fourth-order valence-electron chi connectivity index (χ4n) is 2.21. The van der Waals surface area contributed by atoms with Crippen molar-refractivity contribution in [1.29, 1.82) is 0 Å². The van der Waals surface area contributed by atoms with E-state index < -0.39 is 17.5 Å². The first-order valence-corrected chi connectivity index (χ1v) is 9.33. The Bertz CT molecular complexity index is 836. The molecule has 2 rings (SSSR count). The molecule has 1 atom stereocenters. The van der Waals surface area contributed by atoms with Gasteiger partial charge in [0.05, 0.1) is 12.2 Å². The van der Waals surface area contributed by atoms with Gasteiger partial charge in [0.1, 0.15) is 0 Å². The second kappa shape index (κ2) is 9.39. The van der Waals surface area contributed by atoms with Crippen molar-refractivity contribution >= 4 is 34.5 Å². The maximum Gasteiger partial charge on any atom is 0.363 e. The Hall–Kier alpha value is -2.33. The lowest BCUT2D eigenvalue weighted by Crippen LogP contribution is -2.43. The van der Waals surface area contributed by atoms with E-state index in [9.17, 15) is 9.59 Å². The topological polar surface area (TPSA) is 52.6 Å². The third-order valence-corrected chi connectivity index (χ3v) is 4.59. The molecule has 5 heteroatoms. The lowest BCUT2D eigenvalue weighted by molar-refractivity contribution is -0.159. The third kappa shape index (κ3) is 4.85. The zero-order chi connectivity index (χ0) is 19.0. The minimum absolute atomic E-state index is 0.175. The lowest BCUT2D eigenvalue weighted by Gasteiger charge is -2.25. The molecule has 0 aliphatic heterocycles. The smallest absolute Gasteiger partial charge is 0.363 e. The van der Waals surface area contributed by atoms with E-state index in [2.05, 4.69) is 34.4 Å². The summed E-state index contributed by atoms with van der Waals surface area (Å²) in [5.41, 5.74) is -0.543. The fourth-order valence-corrected chi connectivity index (χ4v) is 2.81. The number of halogens is 1. The van der Waals surface area contributed by atoms with Gasteiger partial charge in [-0.05, 0) is 59.7 Å². The molecule has 0 heterocycles. The highest BCUT2D eigenvalue weighted by Gasteiger charge is 2.41. The molecule has 4 nitrogen and oxygen atoms in total. The van der Waals surface area contributed by atoms with Crippen LogP contribution in [0.1, 0.15) is 36.2 Å². The average Bonchev–Trinajstić information content (AvgIpc) is 2.66. The summed E-state index contributed by atoms with van der Waals surface area (Å²) < 4.78 is 11.5. The number of ether oxygens (including phenoxy) is 2. The molecule has 2 aromatic carbocycles. The van der Waals surface area contributed by atoms with E-state index in [4.69, 9.17) is 9.47 Å². The summed E-state index contributed by atoms with van der Waals surface area (Å²) in [6, 6.07) is 16.2. The SMILES string of the molecule is CCOC(=O)C(C#Cc1ccccc1)(CC)OC(=O)c1ccccc1I. The minimum atomic E-state index is -1.65. The second-order valence-corrected chi connectivity index (χ2v) is 6.55. The first-order valence-electron chi connectivity index (χ1n) is 8.25. The van der Waals surface area contributed by atoms with Crippen LogP contribution in [0.2, 0.25) is 0 Å². The number of benzene rings is 2. The zero-order valence-electron chi connectivity index (χ0n) is 14.6. The van der Waals surface area contributed by atoms with Crippen LogP contribution >= 0.6 is 22.6 Å². The van der Waals surface area contributed by atoms with E-state index in [1.807, 2.05) is 36.4 Å². The third-order valence-electron chi connectivity index (χ3n) is 3.65. The lowest BCUT2D eigenvalue weighted by atomic mass is 10.00. The Kier molecular flexibility index (Phi) is 7.22. The summed E-state index contributed by atoms with van der Waals surface area (Å²) >= 11 is 2.05. The molecule has 0 aliphatic rings. The van der Waals surface area contributed by atoms with Crippen molar-refractivity contribution in [3.63, 3.8) is 0 Å². The van der Waals surface area contributed by atoms with Gasteiger partial charge in [0, 0.05) is 15.6 Å².